The van der Waals surface area contributed by atoms with Gasteiger partial charge in [0, 0.05) is 108 Å². The summed E-state index contributed by atoms with van der Waals surface area (Å²) in [6, 6.07) is 95.3. The second-order valence-electron chi connectivity index (χ2n) is 21.3. The van der Waals surface area contributed by atoms with Crippen LogP contribution in [0.4, 0.5) is 11.4 Å². The quantitative estimate of drug-likeness (QED) is 0.0622. The van der Waals surface area contributed by atoms with E-state index in [2.05, 4.69) is 197 Å². The fraction of sp³-hybridized carbons (Fsp3) is 0.0526. The van der Waals surface area contributed by atoms with Gasteiger partial charge in [-0.1, -0.05) is 231 Å². The van der Waals surface area contributed by atoms with E-state index in [9.17, 15) is 30.3 Å². The SMILES string of the molecule is C1CCOC1.O=[N+]([O-])c1ccccc1-c1cccc2c1sc1ccccc12.O=[N+]([O-])c1ccccc1Br.OB(O)c1cccc2c1sc1ccccc12.c1ccc(P(c2ccccc2)c2ccccc2)cc1.c1ccc2c(c1)[nH]c1ccc3c4ccccc4sc3c12. The van der Waals surface area contributed by atoms with Crippen molar-refractivity contribution >= 4 is 180 Å². The predicted octanol–water partition coefficient (Wildman–Crippen LogP) is 19.7. The maximum absolute atomic E-state index is 11.3. The van der Waals surface area contributed by atoms with E-state index in [1.165, 1.54) is 97.0 Å². The molecule has 4 aromatic heterocycles. The highest BCUT2D eigenvalue weighted by Gasteiger charge is 2.20. The zero-order chi connectivity index (χ0) is 63.3. The lowest BCUT2D eigenvalue weighted by atomic mass is 9.80. The summed E-state index contributed by atoms with van der Waals surface area (Å²) >= 11 is 8.22. The van der Waals surface area contributed by atoms with E-state index in [0.717, 1.165) is 38.9 Å². The van der Waals surface area contributed by atoms with Crippen LogP contribution in [0.1, 0.15) is 12.8 Å². The van der Waals surface area contributed by atoms with Crippen LogP contribution in [0.15, 0.2) is 290 Å². The fourth-order valence-corrected chi connectivity index (χ4v) is 17.7. The largest absolute Gasteiger partial charge is 0.489 e. The van der Waals surface area contributed by atoms with Gasteiger partial charge in [-0.15, -0.1) is 34.0 Å². The summed E-state index contributed by atoms with van der Waals surface area (Å²) in [5.74, 6) is 0. The number of benzene rings is 12. The molecular formula is C76H58BBrN3O7PS3. The molecule has 16 heteroatoms. The van der Waals surface area contributed by atoms with Crippen molar-refractivity contribution < 1.29 is 24.6 Å². The standard InChI is InChI=1S/C18H11NO2S.C18H11NS.C18H15P.C12H9BO2S.C6H4BrNO2.C4H8O/c20-19(21)16-10-3-1-6-12(16)14-8-5-9-15-13-7-2-4-11-17(13)22-18(14)15;1-3-7-14-13(6-1)17-15(19-14)10-9-12-11-5-2-4-8-16(11)20-18(12)17;1-4-10-16(11-5-1)19(17-12-6-2-7-13-17)18-14-8-3-9-15-18;14-13(15)10-6-3-5-9-8-4-1-2-7-11(8)16-12(9)10;7-5-3-1-2-4-6(5)8(9)10;1-2-4-5-3-1/h1-11H;1-10,19H;1-15H;1-7,14-15H;1-4H;1-4H2. The third-order valence-electron chi connectivity index (χ3n) is 15.4. The van der Waals surface area contributed by atoms with Crippen molar-refractivity contribution in [3.05, 3.63) is 310 Å². The maximum atomic E-state index is 11.3. The van der Waals surface area contributed by atoms with Crippen LogP contribution >= 0.6 is 57.9 Å². The topological polar surface area (TPSA) is 152 Å². The van der Waals surface area contributed by atoms with Crippen molar-refractivity contribution in [2.45, 2.75) is 12.8 Å². The molecule has 12 aromatic carbocycles. The van der Waals surface area contributed by atoms with E-state index in [1.54, 1.807) is 59.1 Å². The highest BCUT2D eigenvalue weighted by molar-refractivity contribution is 9.10. The molecule has 0 aliphatic carbocycles. The van der Waals surface area contributed by atoms with Gasteiger partial charge >= 0.3 is 7.12 Å². The number of rotatable bonds is 7. The second kappa shape index (κ2) is 29.8. The van der Waals surface area contributed by atoms with Gasteiger partial charge in [-0.2, -0.15) is 0 Å². The number of H-pyrrole nitrogens is 1. The maximum Gasteiger partial charge on any atom is 0.489 e. The number of nitro groups is 2. The number of ether oxygens (including phenoxy) is 1. The summed E-state index contributed by atoms with van der Waals surface area (Å²) in [6.07, 6.45) is 2.56. The molecule has 1 aliphatic rings. The van der Waals surface area contributed by atoms with Gasteiger partial charge in [0.2, 0.25) is 0 Å². The van der Waals surface area contributed by atoms with Crippen molar-refractivity contribution in [2.75, 3.05) is 13.2 Å². The van der Waals surface area contributed by atoms with Crippen LogP contribution in [-0.2, 0) is 4.74 Å². The zero-order valence-electron chi connectivity index (χ0n) is 49.4. The molecule has 1 aliphatic heterocycles. The minimum atomic E-state index is -1.41. The highest BCUT2D eigenvalue weighted by Crippen LogP contribution is 2.43. The summed E-state index contributed by atoms with van der Waals surface area (Å²) in [4.78, 5) is 24.3. The minimum Gasteiger partial charge on any atom is -0.423 e. The lowest BCUT2D eigenvalue weighted by Gasteiger charge is -2.18. The van der Waals surface area contributed by atoms with Crippen molar-refractivity contribution in [3.63, 3.8) is 0 Å². The van der Waals surface area contributed by atoms with Gasteiger partial charge in [0.25, 0.3) is 11.4 Å². The number of thiophene rings is 3. The first kappa shape index (κ1) is 62.9. The van der Waals surface area contributed by atoms with E-state index in [1.807, 2.05) is 78.1 Å². The van der Waals surface area contributed by atoms with Crippen LogP contribution in [0.5, 0.6) is 0 Å². The van der Waals surface area contributed by atoms with E-state index in [4.69, 9.17) is 4.74 Å². The summed E-state index contributed by atoms with van der Waals surface area (Å²) in [6.45, 7) is 2.00. The first-order valence-corrected chi connectivity index (χ1v) is 34.3. The number of hydrogen-bond acceptors (Lipinski definition) is 10. The molecule has 17 rings (SSSR count). The second-order valence-corrected chi connectivity index (χ2v) is 27.5. The Hall–Kier alpha value is -9.25. The Kier molecular flexibility index (Phi) is 20.4. The molecule has 92 heavy (non-hydrogen) atoms. The fourth-order valence-electron chi connectivity index (χ4n) is 11.2. The molecule has 0 bridgehead atoms. The van der Waals surface area contributed by atoms with E-state index < -0.39 is 20.0 Å². The number of para-hydroxylation sites is 3. The molecule has 0 atom stereocenters. The Morgan fingerprint density at radius 2 is 0.815 bits per heavy atom. The number of nitro benzene ring substituents is 2. The van der Waals surface area contributed by atoms with Gasteiger partial charge in [0.1, 0.15) is 0 Å². The van der Waals surface area contributed by atoms with Gasteiger partial charge < -0.3 is 19.8 Å². The highest BCUT2D eigenvalue weighted by atomic mass is 79.9. The lowest BCUT2D eigenvalue weighted by molar-refractivity contribution is -0.385. The molecule has 16 aromatic rings. The molecule has 1 fully saturated rings. The molecule has 3 N–H and O–H groups in total. The van der Waals surface area contributed by atoms with Crippen LogP contribution in [0.3, 0.4) is 0 Å². The Morgan fingerprint density at radius 3 is 1.33 bits per heavy atom. The third-order valence-corrected chi connectivity index (χ3v) is 22.2. The van der Waals surface area contributed by atoms with Gasteiger partial charge in [0.05, 0.1) is 19.9 Å². The van der Waals surface area contributed by atoms with E-state index in [-0.39, 0.29) is 16.3 Å². The summed E-state index contributed by atoms with van der Waals surface area (Å²) in [5, 5.41) is 54.3. The number of aromatic nitrogens is 1. The summed E-state index contributed by atoms with van der Waals surface area (Å²) in [5.41, 5.74) is 4.86. The molecule has 0 unspecified atom stereocenters. The average Bonchev–Trinajstić information content (AvgIpc) is 1.61. The summed E-state index contributed by atoms with van der Waals surface area (Å²) < 4.78 is 12.6. The first-order valence-electron chi connectivity index (χ1n) is 29.7. The van der Waals surface area contributed by atoms with E-state index >= 15 is 0 Å². The number of nitrogens with one attached hydrogen (secondary N) is 1. The van der Waals surface area contributed by atoms with Crippen LogP contribution in [-0.4, -0.2) is 45.2 Å². The molecule has 0 saturated carbocycles. The Labute approximate surface area is 552 Å². The Balaban J connectivity index is 0.000000110. The molecule has 10 nitrogen and oxygen atoms in total. The smallest absolute Gasteiger partial charge is 0.423 e. The van der Waals surface area contributed by atoms with Crippen LogP contribution < -0.4 is 21.4 Å². The number of fused-ring (bicyclic) bond motifs is 13. The van der Waals surface area contributed by atoms with Crippen LogP contribution in [0, 0.1) is 20.2 Å². The average molecular weight is 1340 g/mol. The molecule has 0 amide bonds. The number of hydrogen-bond donors (Lipinski definition) is 3. The molecule has 5 heterocycles. The summed E-state index contributed by atoms with van der Waals surface area (Å²) in [7, 11) is -1.85. The molecule has 1 saturated heterocycles. The first-order chi connectivity index (χ1) is 45.1. The number of aromatic amines is 1. The molecule has 0 radical (unpaired) electrons. The van der Waals surface area contributed by atoms with Gasteiger partial charge in [-0.05, 0) is 106 Å². The Bertz CT molecular complexity index is 5100. The number of nitrogens with zero attached hydrogens (tertiary/aromatic N) is 2. The van der Waals surface area contributed by atoms with Crippen LogP contribution in [0.2, 0.25) is 0 Å². The van der Waals surface area contributed by atoms with Crippen LogP contribution in [0.25, 0.3) is 93.4 Å². The van der Waals surface area contributed by atoms with Gasteiger partial charge in [0.15, 0.2) is 0 Å². The van der Waals surface area contributed by atoms with Gasteiger partial charge in [-0.25, -0.2) is 0 Å². The minimum absolute atomic E-state index is 0.0995. The normalized spacial score (nSPS) is 11.7. The molecule has 0 spiro atoms. The lowest BCUT2D eigenvalue weighted by Crippen LogP contribution is -2.29. The van der Waals surface area contributed by atoms with Crippen molar-refractivity contribution in [2.24, 2.45) is 0 Å². The molecular weight excluding hydrogens is 1280 g/mol. The molecule has 452 valence electrons. The van der Waals surface area contributed by atoms with Crippen molar-refractivity contribution in [1.82, 2.24) is 4.98 Å². The van der Waals surface area contributed by atoms with Crippen molar-refractivity contribution in [3.8, 4) is 11.1 Å². The zero-order valence-corrected chi connectivity index (χ0v) is 54.4. The third kappa shape index (κ3) is 14.1. The Morgan fingerprint density at radius 1 is 0.402 bits per heavy atom. The van der Waals surface area contributed by atoms with Gasteiger partial charge in [-0.3, -0.25) is 20.2 Å². The van der Waals surface area contributed by atoms with E-state index in [0.29, 0.717) is 15.5 Å². The monoisotopic (exact) mass is 1340 g/mol. The predicted molar refractivity (Wildman–Crippen MR) is 395 cm³/mol. The number of halogens is 1. The van der Waals surface area contributed by atoms with Crippen molar-refractivity contribution in [1.29, 1.82) is 0 Å².